The third kappa shape index (κ3) is 5.58. The first kappa shape index (κ1) is 23.1. The van der Waals surface area contributed by atoms with Crippen LogP contribution in [0.3, 0.4) is 0 Å². The highest BCUT2D eigenvalue weighted by Gasteiger charge is 2.28. The Labute approximate surface area is 192 Å². The zero-order chi connectivity index (χ0) is 22.8. The van der Waals surface area contributed by atoms with Gasteiger partial charge in [0.05, 0.1) is 10.6 Å². The van der Waals surface area contributed by atoms with E-state index in [0.717, 1.165) is 21.0 Å². The fourth-order valence-electron chi connectivity index (χ4n) is 3.03. The monoisotopic (exact) mass is 476 g/mol. The smallest absolute Gasteiger partial charge is 0.264 e. The first-order chi connectivity index (χ1) is 14.6. The van der Waals surface area contributed by atoms with Gasteiger partial charge in [0.25, 0.3) is 10.0 Å². The lowest BCUT2D eigenvalue weighted by Gasteiger charge is -2.25. The molecule has 8 heteroatoms. The van der Waals surface area contributed by atoms with Crippen LogP contribution in [0.1, 0.15) is 16.7 Å². The number of amides is 1. The summed E-state index contributed by atoms with van der Waals surface area (Å²) >= 11 is 12.2. The first-order valence-corrected chi connectivity index (χ1v) is 11.7. The van der Waals surface area contributed by atoms with Crippen LogP contribution < -0.4 is 9.62 Å². The normalized spacial score (nSPS) is 11.3. The van der Waals surface area contributed by atoms with Crippen LogP contribution in [0, 0.1) is 20.8 Å². The van der Waals surface area contributed by atoms with Crippen molar-refractivity contribution >= 4 is 50.5 Å². The van der Waals surface area contributed by atoms with Crippen LogP contribution in [-0.2, 0) is 14.8 Å². The second kappa shape index (κ2) is 9.30. The predicted molar refractivity (Wildman–Crippen MR) is 127 cm³/mol. The summed E-state index contributed by atoms with van der Waals surface area (Å²) in [6.07, 6.45) is 0. The maximum atomic E-state index is 13.4. The number of carbonyl (C=O) groups is 1. The maximum absolute atomic E-state index is 13.4. The van der Waals surface area contributed by atoms with E-state index in [1.165, 1.54) is 30.3 Å². The van der Waals surface area contributed by atoms with Gasteiger partial charge in [-0.3, -0.25) is 9.10 Å². The van der Waals surface area contributed by atoms with Gasteiger partial charge in [-0.1, -0.05) is 53.0 Å². The number of rotatable bonds is 6. The lowest BCUT2D eigenvalue weighted by molar-refractivity contribution is -0.114. The molecule has 0 atom stereocenters. The van der Waals surface area contributed by atoms with Crippen LogP contribution >= 0.6 is 23.2 Å². The number of halogens is 2. The molecule has 0 saturated carbocycles. The summed E-state index contributed by atoms with van der Waals surface area (Å²) < 4.78 is 27.9. The van der Waals surface area contributed by atoms with Crippen molar-refractivity contribution in [2.45, 2.75) is 25.7 Å². The van der Waals surface area contributed by atoms with E-state index in [1.807, 2.05) is 39.0 Å². The molecule has 0 aromatic heterocycles. The van der Waals surface area contributed by atoms with Gasteiger partial charge in [-0.15, -0.1) is 0 Å². The molecule has 0 spiro atoms. The van der Waals surface area contributed by atoms with E-state index in [2.05, 4.69) is 5.32 Å². The van der Waals surface area contributed by atoms with Gasteiger partial charge in [0.15, 0.2) is 0 Å². The average molecular weight is 477 g/mol. The molecule has 31 heavy (non-hydrogen) atoms. The molecule has 0 aliphatic carbocycles. The molecule has 0 unspecified atom stereocenters. The Morgan fingerprint density at radius 2 is 1.45 bits per heavy atom. The highest BCUT2D eigenvalue weighted by atomic mass is 35.5. The lowest BCUT2D eigenvalue weighted by atomic mass is 10.1. The van der Waals surface area contributed by atoms with Gasteiger partial charge in [0, 0.05) is 15.7 Å². The van der Waals surface area contributed by atoms with Gasteiger partial charge in [0.1, 0.15) is 6.54 Å². The van der Waals surface area contributed by atoms with Crippen LogP contribution in [0.15, 0.2) is 65.6 Å². The molecule has 0 fully saturated rings. The molecule has 0 saturated heterocycles. The molecule has 3 rings (SSSR count). The molecule has 0 aliphatic rings. The molecule has 0 bridgehead atoms. The number of sulfonamides is 1. The highest BCUT2D eigenvalue weighted by Crippen LogP contribution is 2.30. The molecule has 0 aliphatic heterocycles. The Balaban J connectivity index is 2.00. The number of hydrogen-bond acceptors (Lipinski definition) is 3. The Morgan fingerprint density at radius 1 is 0.871 bits per heavy atom. The van der Waals surface area contributed by atoms with Crippen molar-refractivity contribution in [3.05, 3.63) is 87.4 Å². The molecule has 0 heterocycles. The molecule has 1 amide bonds. The third-order valence-corrected chi connectivity index (χ3v) is 6.92. The van der Waals surface area contributed by atoms with Crippen molar-refractivity contribution in [3.8, 4) is 0 Å². The second-order valence-electron chi connectivity index (χ2n) is 7.32. The minimum absolute atomic E-state index is 0.0636. The fourth-order valence-corrected chi connectivity index (χ4v) is 4.95. The summed E-state index contributed by atoms with van der Waals surface area (Å²) in [6.45, 7) is 5.20. The Hall–Kier alpha value is -2.54. The van der Waals surface area contributed by atoms with Crippen molar-refractivity contribution in [2.75, 3.05) is 16.2 Å². The van der Waals surface area contributed by atoms with Crippen LogP contribution in [0.5, 0.6) is 0 Å². The summed E-state index contributed by atoms with van der Waals surface area (Å²) in [5.74, 6) is -0.486. The van der Waals surface area contributed by atoms with Crippen molar-refractivity contribution in [1.29, 1.82) is 0 Å². The van der Waals surface area contributed by atoms with Crippen LogP contribution in [-0.4, -0.2) is 20.9 Å². The van der Waals surface area contributed by atoms with E-state index in [1.54, 1.807) is 12.1 Å². The molecule has 3 aromatic carbocycles. The lowest BCUT2D eigenvalue weighted by Crippen LogP contribution is -2.38. The summed E-state index contributed by atoms with van der Waals surface area (Å²) in [7, 11) is -4.05. The number of benzene rings is 3. The molecule has 162 valence electrons. The van der Waals surface area contributed by atoms with Crippen molar-refractivity contribution in [2.24, 2.45) is 0 Å². The summed E-state index contributed by atoms with van der Waals surface area (Å²) in [5, 5.41) is 3.33. The van der Waals surface area contributed by atoms with Gasteiger partial charge in [0.2, 0.25) is 5.91 Å². The summed E-state index contributed by atoms with van der Waals surface area (Å²) in [4.78, 5) is 12.9. The minimum atomic E-state index is -4.05. The quantitative estimate of drug-likeness (QED) is 0.492. The van der Waals surface area contributed by atoms with E-state index < -0.39 is 22.5 Å². The number of hydrogen-bond donors (Lipinski definition) is 1. The summed E-state index contributed by atoms with van der Waals surface area (Å²) in [5.41, 5.74) is 3.60. The number of anilines is 2. The number of carbonyl (C=O) groups excluding carboxylic acids is 1. The average Bonchev–Trinajstić information content (AvgIpc) is 2.68. The van der Waals surface area contributed by atoms with E-state index >= 15 is 0 Å². The zero-order valence-electron chi connectivity index (χ0n) is 17.3. The van der Waals surface area contributed by atoms with E-state index in [9.17, 15) is 13.2 Å². The summed E-state index contributed by atoms with van der Waals surface area (Å²) in [6, 6.07) is 16.5. The SMILES string of the molecule is Cc1ccc(S(=O)(=O)N(CC(=O)Nc2cc(C)ccc2C)c2cc(Cl)cc(Cl)c2)cc1. The largest absolute Gasteiger partial charge is 0.324 e. The Kier molecular flexibility index (Phi) is 6.94. The molecule has 1 N–H and O–H groups in total. The Bertz CT molecular complexity index is 1210. The zero-order valence-corrected chi connectivity index (χ0v) is 19.6. The standard InChI is InChI=1S/C23H22Cl2N2O3S/c1-15-5-8-21(9-6-15)31(29,30)27(20-12-18(24)11-19(25)13-20)14-23(28)26-22-10-16(2)4-7-17(22)3/h4-13H,14H2,1-3H3,(H,26,28). The van der Waals surface area contributed by atoms with Gasteiger partial charge in [-0.05, 0) is 68.3 Å². The maximum Gasteiger partial charge on any atom is 0.264 e. The second-order valence-corrected chi connectivity index (χ2v) is 10.1. The first-order valence-electron chi connectivity index (χ1n) is 9.49. The molecule has 0 radical (unpaired) electrons. The third-order valence-electron chi connectivity index (χ3n) is 4.70. The minimum Gasteiger partial charge on any atom is -0.324 e. The predicted octanol–water partition coefficient (Wildman–Crippen LogP) is 5.75. The molecule has 5 nitrogen and oxygen atoms in total. The highest BCUT2D eigenvalue weighted by molar-refractivity contribution is 7.92. The van der Waals surface area contributed by atoms with Crippen LogP contribution in [0.2, 0.25) is 10.0 Å². The van der Waals surface area contributed by atoms with E-state index in [-0.39, 0.29) is 20.6 Å². The molecular weight excluding hydrogens is 455 g/mol. The van der Waals surface area contributed by atoms with Gasteiger partial charge >= 0.3 is 0 Å². The van der Waals surface area contributed by atoms with Crippen LogP contribution in [0.4, 0.5) is 11.4 Å². The number of nitrogens with zero attached hydrogens (tertiary/aromatic N) is 1. The molecule has 3 aromatic rings. The van der Waals surface area contributed by atoms with Crippen molar-refractivity contribution in [3.63, 3.8) is 0 Å². The Morgan fingerprint density at radius 3 is 2.06 bits per heavy atom. The van der Waals surface area contributed by atoms with Crippen molar-refractivity contribution < 1.29 is 13.2 Å². The number of aryl methyl sites for hydroxylation is 3. The van der Waals surface area contributed by atoms with Gasteiger partial charge in [-0.25, -0.2) is 8.42 Å². The van der Waals surface area contributed by atoms with Crippen LogP contribution in [0.25, 0.3) is 0 Å². The van der Waals surface area contributed by atoms with E-state index in [0.29, 0.717) is 5.69 Å². The van der Waals surface area contributed by atoms with Gasteiger partial charge in [-0.2, -0.15) is 0 Å². The van der Waals surface area contributed by atoms with Crippen molar-refractivity contribution in [1.82, 2.24) is 0 Å². The van der Waals surface area contributed by atoms with Gasteiger partial charge < -0.3 is 5.32 Å². The fraction of sp³-hybridized carbons (Fsp3) is 0.174. The topological polar surface area (TPSA) is 66.5 Å². The number of nitrogens with one attached hydrogen (secondary N) is 1. The molecular formula is C23H22Cl2N2O3S. The van der Waals surface area contributed by atoms with E-state index in [4.69, 9.17) is 23.2 Å².